The maximum absolute atomic E-state index is 11.6. The van der Waals surface area contributed by atoms with Crippen molar-refractivity contribution in [3.8, 4) is 0 Å². The first-order valence-corrected chi connectivity index (χ1v) is 9.82. The highest BCUT2D eigenvalue weighted by atomic mass is 16.2. The van der Waals surface area contributed by atoms with Crippen molar-refractivity contribution in [2.75, 3.05) is 0 Å². The molecule has 0 saturated heterocycles. The van der Waals surface area contributed by atoms with Crippen molar-refractivity contribution in [2.24, 2.45) is 5.41 Å². The predicted octanol–water partition coefficient (Wildman–Crippen LogP) is 5.04. The standard InChI is InChI=1S/C14H18O2.C11H12O2/c1-14(2,3)13(16)10-12(15)9-11-7-5-4-6-8-11;1-2-10(12)8-11(13)9-6-4-3-5-7-9/h4-8H,9-10H2,1-3H3;3-7H,2,8H2,1H3. The van der Waals surface area contributed by atoms with Crippen LogP contribution in [0.5, 0.6) is 0 Å². The van der Waals surface area contributed by atoms with Crippen molar-refractivity contribution >= 4 is 23.1 Å². The predicted molar refractivity (Wildman–Crippen MR) is 115 cm³/mol. The quantitative estimate of drug-likeness (QED) is 0.464. The topological polar surface area (TPSA) is 68.3 Å². The monoisotopic (exact) mass is 394 g/mol. The Morgan fingerprint density at radius 3 is 1.72 bits per heavy atom. The smallest absolute Gasteiger partial charge is 0.170 e. The number of carbonyl (C=O) groups excluding carboxylic acids is 4. The molecule has 0 N–H and O–H groups in total. The second-order valence-corrected chi connectivity index (χ2v) is 7.91. The fraction of sp³-hybridized carbons (Fsp3) is 0.360. The van der Waals surface area contributed by atoms with Gasteiger partial charge in [0.1, 0.15) is 17.3 Å². The first-order chi connectivity index (χ1) is 13.6. The Hall–Kier alpha value is -2.88. The molecule has 0 bridgehead atoms. The summed E-state index contributed by atoms with van der Waals surface area (Å²) in [4.78, 5) is 45.7. The molecular weight excluding hydrogens is 364 g/mol. The highest BCUT2D eigenvalue weighted by Gasteiger charge is 2.23. The molecule has 29 heavy (non-hydrogen) atoms. The Balaban J connectivity index is 0.000000296. The molecule has 0 saturated carbocycles. The molecule has 0 unspecified atom stereocenters. The Kier molecular flexibility index (Phi) is 9.87. The van der Waals surface area contributed by atoms with Crippen LogP contribution in [0, 0.1) is 5.41 Å². The summed E-state index contributed by atoms with van der Waals surface area (Å²) >= 11 is 0. The van der Waals surface area contributed by atoms with Crippen molar-refractivity contribution in [3.63, 3.8) is 0 Å². The summed E-state index contributed by atoms with van der Waals surface area (Å²) in [5.41, 5.74) is 1.16. The van der Waals surface area contributed by atoms with Crippen molar-refractivity contribution in [1.29, 1.82) is 0 Å². The normalized spacial score (nSPS) is 10.5. The van der Waals surface area contributed by atoms with Crippen LogP contribution < -0.4 is 0 Å². The minimum Gasteiger partial charge on any atom is -0.299 e. The molecular formula is C25H30O4. The molecule has 0 aliphatic rings. The highest BCUT2D eigenvalue weighted by Crippen LogP contribution is 2.17. The minimum atomic E-state index is -0.424. The van der Waals surface area contributed by atoms with E-state index in [1.54, 1.807) is 31.2 Å². The summed E-state index contributed by atoms with van der Waals surface area (Å²) in [6, 6.07) is 18.4. The Morgan fingerprint density at radius 2 is 1.24 bits per heavy atom. The molecule has 0 heterocycles. The average molecular weight is 395 g/mol. The largest absolute Gasteiger partial charge is 0.299 e. The molecule has 0 amide bonds. The van der Waals surface area contributed by atoms with E-state index in [1.165, 1.54) is 0 Å². The molecule has 2 aromatic rings. The van der Waals surface area contributed by atoms with E-state index in [4.69, 9.17) is 0 Å². The highest BCUT2D eigenvalue weighted by molar-refractivity contribution is 6.07. The molecule has 2 rings (SSSR count). The molecule has 0 radical (unpaired) electrons. The summed E-state index contributed by atoms with van der Waals surface area (Å²) in [6.07, 6.45) is 0.847. The van der Waals surface area contributed by atoms with Gasteiger partial charge in [-0.1, -0.05) is 88.4 Å². The Bertz CT molecular complexity index is 815. The number of benzene rings is 2. The maximum Gasteiger partial charge on any atom is 0.170 e. The molecule has 4 heteroatoms. The molecule has 0 atom stereocenters. The van der Waals surface area contributed by atoms with E-state index in [0.29, 0.717) is 18.4 Å². The third-order valence-corrected chi connectivity index (χ3v) is 4.29. The average Bonchev–Trinajstić information content (AvgIpc) is 2.69. The van der Waals surface area contributed by atoms with Gasteiger partial charge in [0.2, 0.25) is 0 Å². The lowest BCUT2D eigenvalue weighted by Gasteiger charge is -2.15. The van der Waals surface area contributed by atoms with Gasteiger partial charge in [-0.3, -0.25) is 19.2 Å². The molecule has 0 aliphatic heterocycles. The molecule has 154 valence electrons. The van der Waals surface area contributed by atoms with Gasteiger partial charge in [0.05, 0.1) is 12.8 Å². The Morgan fingerprint density at radius 1 is 0.724 bits per heavy atom. The van der Waals surface area contributed by atoms with Crippen LogP contribution in [0.1, 0.15) is 62.9 Å². The van der Waals surface area contributed by atoms with Gasteiger partial charge in [0.25, 0.3) is 0 Å². The van der Waals surface area contributed by atoms with E-state index in [0.717, 1.165) is 5.56 Å². The fourth-order valence-electron chi connectivity index (χ4n) is 2.36. The van der Waals surface area contributed by atoms with Crippen LogP contribution in [0.4, 0.5) is 0 Å². The van der Waals surface area contributed by atoms with Crippen LogP contribution in [-0.2, 0) is 20.8 Å². The zero-order valence-electron chi connectivity index (χ0n) is 17.7. The SMILES string of the molecule is CC(C)(C)C(=O)CC(=O)Cc1ccccc1.CCC(=O)CC(=O)c1ccccc1. The minimum absolute atomic E-state index is 0.00569. The van der Waals surface area contributed by atoms with Crippen LogP contribution in [0.25, 0.3) is 0 Å². The number of ketones is 4. The first-order valence-electron chi connectivity index (χ1n) is 9.82. The van der Waals surface area contributed by atoms with E-state index in [9.17, 15) is 19.2 Å². The third-order valence-electron chi connectivity index (χ3n) is 4.29. The van der Waals surface area contributed by atoms with Gasteiger partial charge in [-0.25, -0.2) is 0 Å². The van der Waals surface area contributed by atoms with E-state index >= 15 is 0 Å². The van der Waals surface area contributed by atoms with Crippen LogP contribution >= 0.6 is 0 Å². The first kappa shape index (κ1) is 24.2. The molecule has 0 spiro atoms. The van der Waals surface area contributed by atoms with Gasteiger partial charge in [-0.05, 0) is 5.56 Å². The van der Waals surface area contributed by atoms with Gasteiger partial charge < -0.3 is 0 Å². The fourth-order valence-corrected chi connectivity index (χ4v) is 2.36. The maximum atomic E-state index is 11.6. The van der Waals surface area contributed by atoms with Crippen LogP contribution in [-0.4, -0.2) is 23.1 Å². The van der Waals surface area contributed by atoms with Crippen molar-refractivity contribution in [1.82, 2.24) is 0 Å². The summed E-state index contributed by atoms with van der Waals surface area (Å²) in [5.74, 6) is -0.0964. The molecule has 0 fully saturated rings. The zero-order chi connectivity index (χ0) is 21.9. The summed E-state index contributed by atoms with van der Waals surface area (Å²) in [5, 5.41) is 0. The van der Waals surface area contributed by atoms with Crippen molar-refractivity contribution in [2.45, 2.75) is 53.4 Å². The number of hydrogen-bond acceptors (Lipinski definition) is 4. The zero-order valence-corrected chi connectivity index (χ0v) is 17.7. The second-order valence-electron chi connectivity index (χ2n) is 7.91. The molecule has 4 nitrogen and oxygen atoms in total. The van der Waals surface area contributed by atoms with Gasteiger partial charge in [0.15, 0.2) is 5.78 Å². The lowest BCUT2D eigenvalue weighted by molar-refractivity contribution is -0.131. The Labute approximate surface area is 173 Å². The lowest BCUT2D eigenvalue weighted by Crippen LogP contribution is -2.23. The number of rotatable bonds is 8. The lowest BCUT2D eigenvalue weighted by atomic mass is 9.87. The van der Waals surface area contributed by atoms with Crippen molar-refractivity contribution in [3.05, 3.63) is 71.8 Å². The number of carbonyl (C=O) groups is 4. The van der Waals surface area contributed by atoms with Gasteiger partial charge in [0, 0.05) is 23.8 Å². The van der Waals surface area contributed by atoms with Crippen LogP contribution in [0.3, 0.4) is 0 Å². The van der Waals surface area contributed by atoms with Gasteiger partial charge >= 0.3 is 0 Å². The third kappa shape index (κ3) is 9.74. The van der Waals surface area contributed by atoms with Gasteiger partial charge in [-0.2, -0.15) is 0 Å². The molecule has 0 aliphatic carbocycles. The van der Waals surface area contributed by atoms with Gasteiger partial charge in [-0.15, -0.1) is 0 Å². The number of Topliss-reactive ketones (excluding diaryl/α,β-unsaturated/α-hetero) is 4. The van der Waals surface area contributed by atoms with E-state index in [2.05, 4.69) is 0 Å². The van der Waals surface area contributed by atoms with Crippen LogP contribution in [0.2, 0.25) is 0 Å². The van der Waals surface area contributed by atoms with Crippen LogP contribution in [0.15, 0.2) is 60.7 Å². The molecule has 0 aromatic heterocycles. The second kappa shape index (κ2) is 11.8. The summed E-state index contributed by atoms with van der Waals surface area (Å²) in [6.45, 7) is 7.28. The number of hydrogen-bond donors (Lipinski definition) is 0. The summed E-state index contributed by atoms with van der Waals surface area (Å²) < 4.78 is 0. The van der Waals surface area contributed by atoms with Crippen molar-refractivity contribution < 1.29 is 19.2 Å². The molecule has 2 aromatic carbocycles. The van der Waals surface area contributed by atoms with E-state index in [-0.39, 0.29) is 36.0 Å². The van der Waals surface area contributed by atoms with E-state index < -0.39 is 5.41 Å². The summed E-state index contributed by atoms with van der Waals surface area (Å²) in [7, 11) is 0. The van der Waals surface area contributed by atoms with E-state index in [1.807, 2.05) is 57.2 Å².